The summed E-state index contributed by atoms with van der Waals surface area (Å²) in [4.78, 5) is 18.2. The summed E-state index contributed by atoms with van der Waals surface area (Å²) < 4.78 is 0. The highest BCUT2D eigenvalue weighted by atomic mass is 15.0. The van der Waals surface area contributed by atoms with Crippen LogP contribution in [0.25, 0.3) is 16.7 Å². The molecule has 29 heavy (non-hydrogen) atoms. The SMILES string of the molecule is C/C=C(/Nc1cc(C2=NCC(C3CC3)=N2)ccc1C)c1ccnc2ncccc12. The third kappa shape index (κ3) is 3.44. The molecule has 3 aromatic rings. The van der Waals surface area contributed by atoms with Gasteiger partial charge in [0.1, 0.15) is 0 Å². The number of aromatic nitrogens is 2. The van der Waals surface area contributed by atoms with Crippen molar-refractivity contribution in [2.75, 3.05) is 11.9 Å². The van der Waals surface area contributed by atoms with E-state index in [0.29, 0.717) is 5.92 Å². The monoisotopic (exact) mass is 381 g/mol. The van der Waals surface area contributed by atoms with Crippen molar-refractivity contribution in [3.63, 3.8) is 0 Å². The third-order valence-corrected chi connectivity index (χ3v) is 5.55. The van der Waals surface area contributed by atoms with E-state index < -0.39 is 0 Å². The van der Waals surface area contributed by atoms with Crippen LogP contribution >= 0.6 is 0 Å². The molecule has 0 saturated heterocycles. The number of aryl methyl sites for hydroxylation is 1. The van der Waals surface area contributed by atoms with Crippen molar-refractivity contribution in [2.24, 2.45) is 15.9 Å². The number of nitrogens with zero attached hydrogens (tertiary/aromatic N) is 4. The summed E-state index contributed by atoms with van der Waals surface area (Å²) in [5.74, 6) is 1.53. The van der Waals surface area contributed by atoms with Crippen molar-refractivity contribution < 1.29 is 0 Å². The number of nitrogens with one attached hydrogen (secondary N) is 1. The molecule has 1 N–H and O–H groups in total. The van der Waals surface area contributed by atoms with Gasteiger partial charge in [-0.3, -0.25) is 4.99 Å². The van der Waals surface area contributed by atoms with E-state index in [1.54, 1.807) is 12.4 Å². The van der Waals surface area contributed by atoms with Crippen molar-refractivity contribution in [3.8, 4) is 0 Å². The Hall–Kier alpha value is -3.34. The smallest absolute Gasteiger partial charge is 0.159 e. The fourth-order valence-electron chi connectivity index (χ4n) is 3.71. The molecule has 1 aromatic carbocycles. The summed E-state index contributed by atoms with van der Waals surface area (Å²) in [6, 6.07) is 12.4. The molecule has 1 fully saturated rings. The van der Waals surface area contributed by atoms with E-state index in [1.807, 2.05) is 19.1 Å². The largest absolute Gasteiger partial charge is 0.355 e. The van der Waals surface area contributed by atoms with E-state index in [2.05, 4.69) is 57.5 Å². The van der Waals surface area contributed by atoms with E-state index in [0.717, 1.165) is 45.9 Å². The van der Waals surface area contributed by atoms with Crippen molar-refractivity contribution in [2.45, 2.75) is 26.7 Å². The van der Waals surface area contributed by atoms with Crippen LogP contribution in [0.5, 0.6) is 0 Å². The lowest BCUT2D eigenvalue weighted by atomic mass is 10.1. The van der Waals surface area contributed by atoms with Gasteiger partial charge >= 0.3 is 0 Å². The van der Waals surface area contributed by atoms with Crippen molar-refractivity contribution in [3.05, 3.63) is 71.6 Å². The van der Waals surface area contributed by atoms with Gasteiger partial charge in [0.2, 0.25) is 0 Å². The number of rotatable bonds is 5. The highest BCUT2D eigenvalue weighted by molar-refractivity contribution is 6.13. The van der Waals surface area contributed by atoms with Crippen molar-refractivity contribution in [1.82, 2.24) is 9.97 Å². The number of anilines is 1. The molecule has 1 aliphatic carbocycles. The first-order valence-electron chi connectivity index (χ1n) is 10.1. The average Bonchev–Trinajstić information content (AvgIpc) is 3.49. The van der Waals surface area contributed by atoms with Crippen LogP contribution in [0, 0.1) is 12.8 Å². The van der Waals surface area contributed by atoms with Gasteiger partial charge in [0.25, 0.3) is 0 Å². The van der Waals surface area contributed by atoms with Gasteiger partial charge < -0.3 is 5.32 Å². The van der Waals surface area contributed by atoms with Crippen LogP contribution in [0.1, 0.15) is 36.5 Å². The average molecular weight is 381 g/mol. The topological polar surface area (TPSA) is 62.5 Å². The first-order chi connectivity index (χ1) is 14.2. The zero-order chi connectivity index (χ0) is 19.8. The Morgan fingerprint density at radius 1 is 1.10 bits per heavy atom. The standard InChI is InChI=1S/C24H23N5/c1-3-20(18-10-12-26-24-19(18)5-4-11-25-24)28-21-13-17(7-6-15(21)2)23-27-14-22(29-23)16-8-9-16/h3-7,10-13,16,28H,8-9,14H2,1-2H3/b20-3+. The van der Waals surface area contributed by atoms with Gasteiger partial charge in [-0.2, -0.15) is 0 Å². The highest BCUT2D eigenvalue weighted by Gasteiger charge is 2.29. The summed E-state index contributed by atoms with van der Waals surface area (Å²) >= 11 is 0. The molecule has 144 valence electrons. The van der Waals surface area contributed by atoms with Crippen LogP contribution < -0.4 is 5.32 Å². The van der Waals surface area contributed by atoms with Gasteiger partial charge in [-0.15, -0.1) is 0 Å². The summed E-state index contributed by atoms with van der Waals surface area (Å²) in [6.07, 6.45) is 8.20. The predicted octanol–water partition coefficient (Wildman–Crippen LogP) is 5.02. The summed E-state index contributed by atoms with van der Waals surface area (Å²) in [5.41, 5.74) is 7.41. The second-order valence-electron chi connectivity index (χ2n) is 7.61. The molecule has 3 heterocycles. The molecule has 5 heteroatoms. The van der Waals surface area contributed by atoms with Crippen LogP contribution in [0.2, 0.25) is 0 Å². The number of fused-ring (bicyclic) bond motifs is 1. The van der Waals surface area contributed by atoms with Gasteiger partial charge in [0.15, 0.2) is 11.5 Å². The fraction of sp³-hybridized carbons (Fsp3) is 0.250. The van der Waals surface area contributed by atoms with Gasteiger partial charge in [-0.25, -0.2) is 15.0 Å². The Kier molecular flexibility index (Phi) is 4.43. The molecule has 0 bridgehead atoms. The molecule has 1 aliphatic heterocycles. The molecule has 5 rings (SSSR count). The Balaban J connectivity index is 1.48. The Morgan fingerprint density at radius 3 is 2.79 bits per heavy atom. The Labute approximate surface area is 170 Å². The number of hydrogen-bond acceptors (Lipinski definition) is 5. The van der Waals surface area contributed by atoms with Crippen LogP contribution in [0.3, 0.4) is 0 Å². The zero-order valence-electron chi connectivity index (χ0n) is 16.7. The number of aliphatic imine (C=N–C) groups is 2. The van der Waals surface area contributed by atoms with Crippen LogP contribution in [-0.4, -0.2) is 28.1 Å². The molecule has 0 spiro atoms. The number of hydrogen-bond donors (Lipinski definition) is 1. The maximum absolute atomic E-state index is 4.80. The maximum atomic E-state index is 4.80. The minimum absolute atomic E-state index is 0.669. The van der Waals surface area contributed by atoms with E-state index in [4.69, 9.17) is 4.99 Å². The maximum Gasteiger partial charge on any atom is 0.159 e. The summed E-state index contributed by atoms with van der Waals surface area (Å²) in [7, 11) is 0. The van der Waals surface area contributed by atoms with Gasteiger partial charge in [-0.05, 0) is 62.4 Å². The van der Waals surface area contributed by atoms with Crippen molar-refractivity contribution >= 4 is 34.0 Å². The molecule has 0 amide bonds. The predicted molar refractivity (Wildman–Crippen MR) is 120 cm³/mol. The van der Waals surface area contributed by atoms with Gasteiger partial charge in [-0.1, -0.05) is 18.2 Å². The molecule has 0 radical (unpaired) electrons. The summed E-state index contributed by atoms with van der Waals surface area (Å²) in [5, 5.41) is 4.65. The Bertz CT molecular complexity index is 1180. The molecule has 2 aromatic heterocycles. The van der Waals surface area contributed by atoms with E-state index >= 15 is 0 Å². The fourth-order valence-corrected chi connectivity index (χ4v) is 3.71. The molecule has 0 unspecified atom stereocenters. The van der Waals surface area contributed by atoms with Crippen LogP contribution in [0.4, 0.5) is 5.69 Å². The molecular weight excluding hydrogens is 358 g/mol. The molecule has 1 saturated carbocycles. The van der Waals surface area contributed by atoms with Gasteiger partial charge in [0, 0.05) is 46.0 Å². The zero-order valence-corrected chi connectivity index (χ0v) is 16.7. The lowest BCUT2D eigenvalue weighted by molar-refractivity contribution is 1.14. The highest BCUT2D eigenvalue weighted by Crippen LogP contribution is 2.33. The first-order valence-corrected chi connectivity index (χ1v) is 10.1. The second kappa shape index (κ2) is 7.24. The second-order valence-corrected chi connectivity index (χ2v) is 7.61. The number of pyridine rings is 2. The molecule has 2 aliphatic rings. The Morgan fingerprint density at radius 2 is 1.97 bits per heavy atom. The van der Waals surface area contributed by atoms with E-state index in [9.17, 15) is 0 Å². The third-order valence-electron chi connectivity index (χ3n) is 5.55. The van der Waals surface area contributed by atoms with E-state index in [1.165, 1.54) is 24.1 Å². The van der Waals surface area contributed by atoms with Crippen LogP contribution in [-0.2, 0) is 0 Å². The first kappa shape index (κ1) is 17.7. The normalized spacial score (nSPS) is 16.7. The van der Waals surface area contributed by atoms with Crippen LogP contribution in [0.15, 0.2) is 64.9 Å². The number of benzene rings is 1. The molecular formula is C24H23N5. The lowest BCUT2D eigenvalue weighted by Crippen LogP contribution is -2.04. The van der Waals surface area contributed by atoms with E-state index in [-0.39, 0.29) is 0 Å². The minimum atomic E-state index is 0.669. The minimum Gasteiger partial charge on any atom is -0.355 e. The van der Waals surface area contributed by atoms with Gasteiger partial charge in [0.05, 0.1) is 6.54 Å². The quantitative estimate of drug-likeness (QED) is 0.675. The lowest BCUT2D eigenvalue weighted by Gasteiger charge is -2.16. The number of amidine groups is 1. The number of allylic oxidation sites excluding steroid dienone is 1. The molecule has 5 nitrogen and oxygen atoms in total. The molecule has 0 atom stereocenters. The van der Waals surface area contributed by atoms with Crippen molar-refractivity contribution in [1.29, 1.82) is 0 Å². The summed E-state index contributed by atoms with van der Waals surface area (Å²) in [6.45, 7) is 4.91.